The largest absolute Gasteiger partial charge is 0.337 e. The number of carbonyl (C=O) groups excluding carboxylic acids is 2. The smallest absolute Gasteiger partial charge is 0.254 e. The molecule has 2 aliphatic heterocycles. The highest BCUT2D eigenvalue weighted by Crippen LogP contribution is 2.25. The highest BCUT2D eigenvalue weighted by atomic mass is 16.2. The SMILES string of the molecule is O=C(C1CCCN1C(=O)c1cccc(-c2ccccn2)c1)N1CCN(c2ncccn2)CC1. The van der Waals surface area contributed by atoms with E-state index in [1.807, 2.05) is 47.4 Å². The molecule has 2 fully saturated rings. The Morgan fingerprint density at radius 2 is 1.61 bits per heavy atom. The molecular weight excluding hydrogens is 416 g/mol. The summed E-state index contributed by atoms with van der Waals surface area (Å²) in [4.78, 5) is 45.4. The van der Waals surface area contributed by atoms with Crippen molar-refractivity contribution in [1.29, 1.82) is 0 Å². The van der Waals surface area contributed by atoms with Crippen molar-refractivity contribution in [2.75, 3.05) is 37.6 Å². The zero-order valence-electron chi connectivity index (χ0n) is 18.4. The number of benzene rings is 1. The van der Waals surface area contributed by atoms with Crippen LogP contribution in [0.3, 0.4) is 0 Å². The van der Waals surface area contributed by atoms with Crippen LogP contribution in [0.15, 0.2) is 67.1 Å². The van der Waals surface area contributed by atoms with Gasteiger partial charge in [-0.3, -0.25) is 14.6 Å². The molecule has 4 heterocycles. The summed E-state index contributed by atoms with van der Waals surface area (Å²) in [6.07, 6.45) is 6.73. The summed E-state index contributed by atoms with van der Waals surface area (Å²) >= 11 is 0. The Labute approximate surface area is 192 Å². The number of piperazine rings is 1. The third kappa shape index (κ3) is 4.41. The van der Waals surface area contributed by atoms with Gasteiger partial charge in [0.25, 0.3) is 5.91 Å². The Bertz CT molecular complexity index is 1120. The van der Waals surface area contributed by atoms with Crippen LogP contribution >= 0.6 is 0 Å². The van der Waals surface area contributed by atoms with E-state index in [0.29, 0.717) is 50.7 Å². The summed E-state index contributed by atoms with van der Waals surface area (Å²) < 4.78 is 0. The van der Waals surface area contributed by atoms with Gasteiger partial charge in [0, 0.05) is 62.4 Å². The molecule has 0 bridgehead atoms. The second kappa shape index (κ2) is 9.36. The first kappa shape index (κ1) is 21.1. The van der Waals surface area contributed by atoms with Crippen LogP contribution < -0.4 is 4.90 Å². The number of rotatable bonds is 4. The van der Waals surface area contributed by atoms with Crippen molar-refractivity contribution in [2.45, 2.75) is 18.9 Å². The van der Waals surface area contributed by atoms with Crippen LogP contribution in [0.4, 0.5) is 5.95 Å². The molecule has 2 saturated heterocycles. The first-order valence-corrected chi connectivity index (χ1v) is 11.3. The van der Waals surface area contributed by atoms with Gasteiger partial charge in [0.15, 0.2) is 0 Å². The highest BCUT2D eigenvalue weighted by molar-refractivity contribution is 5.98. The Morgan fingerprint density at radius 3 is 2.36 bits per heavy atom. The molecule has 0 saturated carbocycles. The van der Waals surface area contributed by atoms with E-state index < -0.39 is 6.04 Å². The van der Waals surface area contributed by atoms with Gasteiger partial charge in [0.1, 0.15) is 6.04 Å². The fourth-order valence-electron chi connectivity index (χ4n) is 4.57. The summed E-state index contributed by atoms with van der Waals surface area (Å²) in [5, 5.41) is 0. The molecule has 1 atom stereocenters. The van der Waals surface area contributed by atoms with E-state index in [1.165, 1.54) is 0 Å². The predicted molar refractivity (Wildman–Crippen MR) is 125 cm³/mol. The third-order valence-electron chi connectivity index (χ3n) is 6.30. The van der Waals surface area contributed by atoms with E-state index in [9.17, 15) is 9.59 Å². The lowest BCUT2D eigenvalue weighted by atomic mass is 10.1. The van der Waals surface area contributed by atoms with Crippen LogP contribution in [0.2, 0.25) is 0 Å². The van der Waals surface area contributed by atoms with Crippen LogP contribution in [0.1, 0.15) is 23.2 Å². The van der Waals surface area contributed by atoms with Gasteiger partial charge in [0.05, 0.1) is 5.69 Å². The van der Waals surface area contributed by atoms with E-state index in [2.05, 4.69) is 19.9 Å². The number of aromatic nitrogens is 3. The van der Waals surface area contributed by atoms with Gasteiger partial charge in [-0.05, 0) is 43.2 Å². The summed E-state index contributed by atoms with van der Waals surface area (Å²) in [5.74, 6) is 0.630. The maximum atomic E-state index is 13.4. The minimum atomic E-state index is -0.407. The molecule has 0 radical (unpaired) electrons. The quantitative estimate of drug-likeness (QED) is 0.618. The van der Waals surface area contributed by atoms with Crippen molar-refractivity contribution in [3.63, 3.8) is 0 Å². The number of carbonyl (C=O) groups is 2. The van der Waals surface area contributed by atoms with Gasteiger partial charge in [-0.15, -0.1) is 0 Å². The zero-order chi connectivity index (χ0) is 22.6. The van der Waals surface area contributed by atoms with E-state index >= 15 is 0 Å². The third-order valence-corrected chi connectivity index (χ3v) is 6.30. The lowest BCUT2D eigenvalue weighted by molar-refractivity contribution is -0.135. The molecule has 1 unspecified atom stereocenters. The van der Waals surface area contributed by atoms with Crippen molar-refractivity contribution < 1.29 is 9.59 Å². The summed E-state index contributed by atoms with van der Waals surface area (Å²) in [5.41, 5.74) is 2.30. The molecular formula is C25H26N6O2. The first-order valence-electron chi connectivity index (χ1n) is 11.3. The Morgan fingerprint density at radius 1 is 0.818 bits per heavy atom. The number of pyridine rings is 1. The van der Waals surface area contributed by atoms with Crippen molar-refractivity contribution >= 4 is 17.8 Å². The summed E-state index contributed by atoms with van der Waals surface area (Å²) in [6, 6.07) is 14.6. The molecule has 5 rings (SSSR count). The molecule has 0 aliphatic carbocycles. The normalized spacial score (nSPS) is 18.4. The van der Waals surface area contributed by atoms with Crippen LogP contribution in [0, 0.1) is 0 Å². The lowest BCUT2D eigenvalue weighted by Crippen LogP contribution is -2.54. The Balaban J connectivity index is 1.27. The fraction of sp³-hybridized carbons (Fsp3) is 0.320. The fourth-order valence-corrected chi connectivity index (χ4v) is 4.57. The number of nitrogens with zero attached hydrogens (tertiary/aromatic N) is 6. The average Bonchev–Trinajstić information content (AvgIpc) is 3.39. The second-order valence-electron chi connectivity index (χ2n) is 8.31. The van der Waals surface area contributed by atoms with Gasteiger partial charge < -0.3 is 14.7 Å². The molecule has 2 amide bonds. The highest BCUT2D eigenvalue weighted by Gasteiger charge is 2.38. The maximum Gasteiger partial charge on any atom is 0.254 e. The van der Waals surface area contributed by atoms with Crippen molar-refractivity contribution in [3.05, 3.63) is 72.7 Å². The van der Waals surface area contributed by atoms with Crippen molar-refractivity contribution in [1.82, 2.24) is 24.8 Å². The lowest BCUT2D eigenvalue weighted by Gasteiger charge is -2.37. The predicted octanol–water partition coefficient (Wildman–Crippen LogP) is 2.49. The minimum Gasteiger partial charge on any atom is -0.337 e. The number of hydrogen-bond acceptors (Lipinski definition) is 6. The van der Waals surface area contributed by atoms with Gasteiger partial charge in [-0.2, -0.15) is 0 Å². The van der Waals surface area contributed by atoms with Crippen LogP contribution in [0.25, 0.3) is 11.3 Å². The molecule has 1 aromatic carbocycles. The van der Waals surface area contributed by atoms with Gasteiger partial charge in [-0.25, -0.2) is 9.97 Å². The van der Waals surface area contributed by atoms with Crippen molar-refractivity contribution in [3.8, 4) is 11.3 Å². The molecule has 3 aromatic rings. The van der Waals surface area contributed by atoms with Crippen LogP contribution in [0.5, 0.6) is 0 Å². The molecule has 2 aromatic heterocycles. The first-order chi connectivity index (χ1) is 16.2. The van der Waals surface area contributed by atoms with E-state index in [-0.39, 0.29) is 11.8 Å². The molecule has 0 N–H and O–H groups in total. The van der Waals surface area contributed by atoms with Gasteiger partial charge in [0.2, 0.25) is 11.9 Å². The van der Waals surface area contributed by atoms with E-state index in [0.717, 1.165) is 17.7 Å². The number of anilines is 1. The molecule has 8 heteroatoms. The standard InChI is InChI=1S/C25H26N6O2/c32-23(20-7-3-6-19(18-20)21-8-1-2-10-26-21)31-13-4-9-22(31)24(33)29-14-16-30(17-15-29)25-27-11-5-12-28-25/h1-3,5-8,10-12,18,22H,4,9,13-17H2. The number of likely N-dealkylation sites (tertiary alicyclic amines) is 1. The number of hydrogen-bond donors (Lipinski definition) is 0. The molecule has 0 spiro atoms. The maximum absolute atomic E-state index is 13.4. The average molecular weight is 443 g/mol. The van der Waals surface area contributed by atoms with E-state index in [4.69, 9.17) is 0 Å². The Hall–Kier alpha value is -3.81. The topological polar surface area (TPSA) is 82.5 Å². The number of amides is 2. The Kier molecular flexibility index (Phi) is 5.97. The van der Waals surface area contributed by atoms with Crippen molar-refractivity contribution in [2.24, 2.45) is 0 Å². The molecule has 168 valence electrons. The summed E-state index contributed by atoms with van der Waals surface area (Å²) in [6.45, 7) is 3.17. The minimum absolute atomic E-state index is 0.0374. The zero-order valence-corrected chi connectivity index (χ0v) is 18.4. The van der Waals surface area contributed by atoms with Crippen LogP contribution in [-0.2, 0) is 4.79 Å². The molecule has 8 nitrogen and oxygen atoms in total. The van der Waals surface area contributed by atoms with Crippen LogP contribution in [-0.4, -0.2) is 75.3 Å². The monoisotopic (exact) mass is 442 g/mol. The van der Waals surface area contributed by atoms with E-state index in [1.54, 1.807) is 29.6 Å². The van der Waals surface area contributed by atoms with Gasteiger partial charge >= 0.3 is 0 Å². The van der Waals surface area contributed by atoms with Gasteiger partial charge in [-0.1, -0.05) is 18.2 Å². The summed E-state index contributed by atoms with van der Waals surface area (Å²) in [7, 11) is 0. The second-order valence-corrected chi connectivity index (χ2v) is 8.31. The molecule has 2 aliphatic rings. The molecule has 33 heavy (non-hydrogen) atoms.